The summed E-state index contributed by atoms with van der Waals surface area (Å²) >= 11 is 0. The molecule has 0 amide bonds. The normalized spacial score (nSPS) is 12.7. The Morgan fingerprint density at radius 3 is 2.33 bits per heavy atom. The maximum atomic E-state index is 11.8. The van der Waals surface area contributed by atoms with Gasteiger partial charge >= 0.3 is 0 Å². The summed E-state index contributed by atoms with van der Waals surface area (Å²) in [5, 5.41) is 0. The van der Waals surface area contributed by atoms with Gasteiger partial charge in [0.05, 0.1) is 4.90 Å². The summed E-state index contributed by atoms with van der Waals surface area (Å²) in [7, 11) is -3.47. The summed E-state index contributed by atoms with van der Waals surface area (Å²) in [6.07, 6.45) is 0. The van der Waals surface area contributed by atoms with Gasteiger partial charge in [0.1, 0.15) is 0 Å². The van der Waals surface area contributed by atoms with Crippen LogP contribution < -0.4 is 10.5 Å². The molecule has 5 heteroatoms. The number of benzene rings is 1. The van der Waals surface area contributed by atoms with Gasteiger partial charge in [-0.05, 0) is 39.0 Å². The Morgan fingerprint density at radius 2 is 1.87 bits per heavy atom. The molecule has 0 saturated heterocycles. The van der Waals surface area contributed by atoms with E-state index in [9.17, 15) is 8.42 Å². The number of hydrogen-bond acceptors (Lipinski definition) is 3. The molecule has 0 aromatic heterocycles. The van der Waals surface area contributed by atoms with Gasteiger partial charge in [-0.25, -0.2) is 13.1 Å². The van der Waals surface area contributed by atoms with E-state index in [4.69, 9.17) is 5.73 Å². The second-order valence-corrected chi connectivity index (χ2v) is 6.11. The molecule has 0 fully saturated rings. The SMILES string of the molecule is CC(C)(C)NS(=O)(=O)c1cccc(N)c1. The van der Waals surface area contributed by atoms with Gasteiger partial charge < -0.3 is 5.73 Å². The van der Waals surface area contributed by atoms with Gasteiger partial charge in [0, 0.05) is 11.2 Å². The average molecular weight is 228 g/mol. The van der Waals surface area contributed by atoms with Crippen LogP contribution in [-0.4, -0.2) is 14.0 Å². The lowest BCUT2D eigenvalue weighted by molar-refractivity contribution is 0.491. The molecule has 0 atom stereocenters. The second kappa shape index (κ2) is 3.83. The molecular weight excluding hydrogens is 212 g/mol. The number of anilines is 1. The minimum absolute atomic E-state index is 0.192. The molecule has 3 N–H and O–H groups in total. The molecule has 0 aliphatic heterocycles. The number of rotatable bonds is 2. The fraction of sp³-hybridized carbons (Fsp3) is 0.400. The molecule has 4 nitrogen and oxygen atoms in total. The van der Waals surface area contributed by atoms with Crippen molar-refractivity contribution in [3.8, 4) is 0 Å². The molecular formula is C10H16N2O2S. The molecule has 0 aliphatic rings. The molecule has 0 unspecified atom stereocenters. The van der Waals surface area contributed by atoms with Crippen molar-refractivity contribution in [3.05, 3.63) is 24.3 Å². The summed E-state index contributed by atoms with van der Waals surface area (Å²) < 4.78 is 26.2. The second-order valence-electron chi connectivity index (χ2n) is 4.43. The van der Waals surface area contributed by atoms with Gasteiger partial charge in [0.15, 0.2) is 0 Å². The summed E-state index contributed by atoms with van der Waals surface area (Å²) in [6.45, 7) is 5.37. The fourth-order valence-corrected chi connectivity index (χ4v) is 2.62. The Hall–Kier alpha value is -1.07. The highest BCUT2D eigenvalue weighted by Crippen LogP contribution is 2.15. The molecule has 84 valence electrons. The van der Waals surface area contributed by atoms with Crippen molar-refractivity contribution >= 4 is 15.7 Å². The van der Waals surface area contributed by atoms with Crippen molar-refractivity contribution in [1.29, 1.82) is 0 Å². The highest BCUT2D eigenvalue weighted by Gasteiger charge is 2.21. The van der Waals surface area contributed by atoms with Crippen molar-refractivity contribution in [2.75, 3.05) is 5.73 Å². The molecule has 0 spiro atoms. The maximum absolute atomic E-state index is 11.8. The van der Waals surface area contributed by atoms with Gasteiger partial charge in [-0.15, -0.1) is 0 Å². The molecule has 0 bridgehead atoms. The zero-order valence-corrected chi connectivity index (χ0v) is 9.93. The van der Waals surface area contributed by atoms with Crippen molar-refractivity contribution in [1.82, 2.24) is 4.72 Å². The first-order valence-corrected chi connectivity index (χ1v) is 6.08. The predicted octanol–water partition coefficient (Wildman–Crippen LogP) is 1.35. The van der Waals surface area contributed by atoms with Crippen LogP contribution in [0, 0.1) is 0 Å². The van der Waals surface area contributed by atoms with E-state index >= 15 is 0 Å². The first kappa shape index (κ1) is 12.0. The van der Waals surface area contributed by atoms with E-state index in [1.54, 1.807) is 32.9 Å². The van der Waals surface area contributed by atoms with Gasteiger partial charge in [-0.1, -0.05) is 6.07 Å². The number of sulfonamides is 1. The number of nitrogens with two attached hydrogens (primary N) is 1. The topological polar surface area (TPSA) is 72.2 Å². The summed E-state index contributed by atoms with van der Waals surface area (Å²) in [6, 6.07) is 6.22. The average Bonchev–Trinajstić information content (AvgIpc) is 1.99. The van der Waals surface area contributed by atoms with E-state index in [0.29, 0.717) is 5.69 Å². The highest BCUT2D eigenvalue weighted by atomic mass is 32.2. The third kappa shape index (κ3) is 3.53. The van der Waals surface area contributed by atoms with Gasteiger partial charge in [0.2, 0.25) is 10.0 Å². The molecule has 1 aromatic rings. The molecule has 0 heterocycles. The minimum atomic E-state index is -3.47. The monoisotopic (exact) mass is 228 g/mol. The van der Waals surface area contributed by atoms with Crippen LogP contribution in [0.25, 0.3) is 0 Å². The smallest absolute Gasteiger partial charge is 0.241 e. The molecule has 0 aliphatic carbocycles. The third-order valence-corrected chi connectivity index (χ3v) is 3.36. The van der Waals surface area contributed by atoms with Crippen molar-refractivity contribution in [3.63, 3.8) is 0 Å². The highest BCUT2D eigenvalue weighted by molar-refractivity contribution is 7.89. The Morgan fingerprint density at radius 1 is 1.27 bits per heavy atom. The van der Waals surface area contributed by atoms with E-state index in [-0.39, 0.29) is 4.90 Å². The van der Waals surface area contributed by atoms with E-state index in [1.807, 2.05) is 0 Å². The zero-order valence-electron chi connectivity index (χ0n) is 9.11. The Bertz CT molecular complexity index is 447. The molecule has 0 saturated carbocycles. The van der Waals surface area contributed by atoms with E-state index < -0.39 is 15.6 Å². The van der Waals surface area contributed by atoms with Crippen LogP contribution in [0.4, 0.5) is 5.69 Å². The van der Waals surface area contributed by atoms with Crippen LogP contribution in [0.1, 0.15) is 20.8 Å². The lowest BCUT2D eigenvalue weighted by atomic mass is 10.1. The van der Waals surface area contributed by atoms with Crippen molar-refractivity contribution < 1.29 is 8.42 Å². The van der Waals surface area contributed by atoms with Gasteiger partial charge in [0.25, 0.3) is 0 Å². The summed E-state index contributed by atoms with van der Waals surface area (Å²) in [5.41, 5.74) is 5.47. The molecule has 0 radical (unpaired) electrons. The first-order valence-electron chi connectivity index (χ1n) is 4.60. The number of hydrogen-bond donors (Lipinski definition) is 2. The minimum Gasteiger partial charge on any atom is -0.399 e. The van der Waals surface area contributed by atoms with Gasteiger partial charge in [-0.3, -0.25) is 0 Å². The Balaban J connectivity index is 3.07. The largest absolute Gasteiger partial charge is 0.399 e. The van der Waals surface area contributed by atoms with E-state index in [0.717, 1.165) is 0 Å². The van der Waals surface area contributed by atoms with E-state index in [1.165, 1.54) is 12.1 Å². The maximum Gasteiger partial charge on any atom is 0.241 e. The summed E-state index contributed by atoms with van der Waals surface area (Å²) in [4.78, 5) is 0.192. The quantitative estimate of drug-likeness (QED) is 0.750. The molecule has 15 heavy (non-hydrogen) atoms. The van der Waals surface area contributed by atoms with Crippen LogP contribution in [0.3, 0.4) is 0 Å². The summed E-state index contributed by atoms with van der Waals surface area (Å²) in [5.74, 6) is 0. The zero-order chi connectivity index (χ0) is 11.7. The van der Waals surface area contributed by atoms with Crippen LogP contribution in [-0.2, 0) is 10.0 Å². The molecule has 1 rings (SSSR count). The van der Waals surface area contributed by atoms with Crippen LogP contribution in [0.5, 0.6) is 0 Å². The Kier molecular flexibility index (Phi) is 3.06. The number of nitrogens with one attached hydrogen (secondary N) is 1. The van der Waals surface area contributed by atoms with Crippen LogP contribution in [0.15, 0.2) is 29.2 Å². The molecule has 1 aromatic carbocycles. The first-order chi connectivity index (χ1) is 6.71. The standard InChI is InChI=1S/C10H16N2O2S/c1-10(2,3)12-15(13,14)9-6-4-5-8(11)7-9/h4-7,12H,11H2,1-3H3. The lowest BCUT2D eigenvalue weighted by Gasteiger charge is -2.20. The van der Waals surface area contributed by atoms with Crippen LogP contribution >= 0.6 is 0 Å². The fourth-order valence-electron chi connectivity index (χ4n) is 1.14. The van der Waals surface area contributed by atoms with Crippen molar-refractivity contribution in [2.24, 2.45) is 0 Å². The Labute approximate surface area is 90.5 Å². The van der Waals surface area contributed by atoms with Crippen LogP contribution in [0.2, 0.25) is 0 Å². The van der Waals surface area contributed by atoms with Crippen molar-refractivity contribution in [2.45, 2.75) is 31.2 Å². The van der Waals surface area contributed by atoms with Gasteiger partial charge in [-0.2, -0.15) is 0 Å². The lowest BCUT2D eigenvalue weighted by Crippen LogP contribution is -2.40. The third-order valence-electron chi connectivity index (χ3n) is 1.61. The van der Waals surface area contributed by atoms with E-state index in [2.05, 4.69) is 4.72 Å². The predicted molar refractivity (Wildman–Crippen MR) is 60.9 cm³/mol. The number of nitrogen functional groups attached to an aromatic ring is 1.